The van der Waals surface area contributed by atoms with E-state index < -0.39 is 5.91 Å². The molecule has 7 N–H and O–H groups in total. The Balaban J connectivity index is -0.0000000597. The summed E-state index contributed by atoms with van der Waals surface area (Å²) in [6.45, 7) is -0.0556. The summed E-state index contributed by atoms with van der Waals surface area (Å²) in [5.41, 5.74) is 9.22. The van der Waals surface area contributed by atoms with Gasteiger partial charge in [0.05, 0.1) is 6.54 Å². The van der Waals surface area contributed by atoms with Gasteiger partial charge in [0, 0.05) is 0 Å². The van der Waals surface area contributed by atoms with E-state index in [1.54, 1.807) is 0 Å². The molecule has 84 valence electrons. The Bertz CT molecular complexity index is 170. The summed E-state index contributed by atoms with van der Waals surface area (Å²) >= 11 is 0. The maximum atomic E-state index is 9.47. The third-order valence-electron chi connectivity index (χ3n) is 0.868. The topological polar surface area (TPSA) is 104 Å². The van der Waals surface area contributed by atoms with Gasteiger partial charge in [-0.1, -0.05) is 36.4 Å². The molecule has 0 aliphatic carbocycles. The number of primary amides is 1. The number of halogens is 2. The molecule has 1 amide bonds. The maximum absolute atomic E-state index is 9.47. The van der Waals surface area contributed by atoms with Crippen LogP contribution in [-0.4, -0.2) is 12.5 Å². The van der Waals surface area contributed by atoms with E-state index in [0.29, 0.717) is 0 Å². The number of rotatable bonds is 1. The number of carbonyl (C=O) groups excluding carboxylic acids is 1. The second-order valence-electron chi connectivity index (χ2n) is 1.83. The Labute approximate surface area is 96.5 Å². The summed E-state index contributed by atoms with van der Waals surface area (Å²) in [5, 5.41) is 0. The van der Waals surface area contributed by atoms with Crippen molar-refractivity contribution in [2.24, 2.45) is 11.5 Å². The van der Waals surface area contributed by atoms with Crippen LogP contribution in [0.15, 0.2) is 36.4 Å². The molecule has 0 fully saturated rings. The van der Waals surface area contributed by atoms with E-state index in [0.717, 1.165) is 0 Å². The molecule has 4 nitrogen and oxygen atoms in total. The Morgan fingerprint density at radius 3 is 1.14 bits per heavy atom. The Morgan fingerprint density at radius 1 is 0.929 bits per heavy atom. The zero-order valence-electron chi connectivity index (χ0n) is 7.76. The summed E-state index contributed by atoms with van der Waals surface area (Å²) in [4.78, 5) is 9.47. The van der Waals surface area contributed by atoms with Gasteiger partial charge in [0.2, 0.25) is 5.91 Å². The normalized spacial score (nSPS) is 6.07. The van der Waals surface area contributed by atoms with Gasteiger partial charge < -0.3 is 17.6 Å². The lowest BCUT2D eigenvalue weighted by Crippen LogP contribution is -2.21. The fraction of sp³-hybridized carbons (Fsp3) is 0.125. The minimum absolute atomic E-state index is 0. The van der Waals surface area contributed by atoms with Gasteiger partial charge in [-0.15, -0.1) is 24.8 Å². The van der Waals surface area contributed by atoms with Crippen molar-refractivity contribution in [2.75, 3.05) is 6.54 Å². The molecular weight excluding hydrogens is 225 g/mol. The summed E-state index contributed by atoms with van der Waals surface area (Å²) in [6.07, 6.45) is 0. The molecule has 1 rings (SSSR count). The third kappa shape index (κ3) is 22.5. The first kappa shape index (κ1) is 23.2. The van der Waals surface area contributed by atoms with Crippen LogP contribution >= 0.6 is 24.8 Å². The van der Waals surface area contributed by atoms with Crippen LogP contribution in [0.3, 0.4) is 0 Å². The molecule has 0 bridgehead atoms. The maximum Gasteiger partial charge on any atom is 0.231 e. The van der Waals surface area contributed by atoms with Crippen molar-refractivity contribution < 1.29 is 4.79 Å². The van der Waals surface area contributed by atoms with Crippen LogP contribution in [0.2, 0.25) is 0 Å². The minimum atomic E-state index is -0.468. The van der Waals surface area contributed by atoms with Gasteiger partial charge in [-0.25, -0.2) is 0 Å². The number of benzene rings is 1. The summed E-state index contributed by atoms with van der Waals surface area (Å²) in [7, 11) is 0. The first-order chi connectivity index (χ1) is 5.27. The first-order valence-corrected chi connectivity index (χ1v) is 3.25. The zero-order chi connectivity index (χ0) is 8.53. The highest BCUT2D eigenvalue weighted by Crippen LogP contribution is 1.79. The molecule has 0 unspecified atom stereocenters. The van der Waals surface area contributed by atoms with Gasteiger partial charge in [-0.05, 0) is 0 Å². The average Bonchev–Trinajstić information content (AvgIpc) is 2.09. The largest absolute Gasteiger partial charge is 0.369 e. The van der Waals surface area contributed by atoms with E-state index in [2.05, 4.69) is 5.73 Å². The van der Waals surface area contributed by atoms with Gasteiger partial charge in [-0.3, -0.25) is 4.79 Å². The average molecular weight is 242 g/mol. The van der Waals surface area contributed by atoms with E-state index in [9.17, 15) is 4.79 Å². The van der Waals surface area contributed by atoms with Crippen LogP contribution < -0.4 is 17.6 Å². The number of nitrogens with two attached hydrogens (primary N) is 2. The summed E-state index contributed by atoms with van der Waals surface area (Å²) < 4.78 is 0. The van der Waals surface area contributed by atoms with Crippen LogP contribution in [0.1, 0.15) is 0 Å². The van der Waals surface area contributed by atoms with Crippen molar-refractivity contribution in [3.05, 3.63) is 36.4 Å². The summed E-state index contributed by atoms with van der Waals surface area (Å²) in [5.74, 6) is -0.468. The molecule has 6 heteroatoms. The highest BCUT2D eigenvalue weighted by molar-refractivity contribution is 5.85. The van der Waals surface area contributed by atoms with Gasteiger partial charge >= 0.3 is 0 Å². The molecule has 0 aliphatic rings. The molecular formula is C8H17Cl2N3O. The van der Waals surface area contributed by atoms with Crippen LogP contribution in [0.5, 0.6) is 0 Å². The fourth-order valence-corrected chi connectivity index (χ4v) is 0.385. The van der Waals surface area contributed by atoms with Crippen LogP contribution in [0.4, 0.5) is 0 Å². The summed E-state index contributed by atoms with van der Waals surface area (Å²) in [6, 6.07) is 12.0. The molecule has 0 spiro atoms. The molecule has 1 aromatic rings. The standard InChI is InChI=1S/C6H6.C2H6N2O.2ClH.H3N/c1-2-4-6-5-3-1;3-1-2(4)5;;;/h1-6H;1,3H2,(H2,4,5);2*1H;1H3. The SMILES string of the molecule is Cl.Cl.N.NCC(N)=O.c1ccccc1. The van der Waals surface area contributed by atoms with E-state index in [1.165, 1.54) is 0 Å². The van der Waals surface area contributed by atoms with Crippen LogP contribution in [-0.2, 0) is 4.79 Å². The lowest BCUT2D eigenvalue weighted by atomic mass is 10.4. The lowest BCUT2D eigenvalue weighted by Gasteiger charge is -1.74. The van der Waals surface area contributed by atoms with Gasteiger partial charge in [0.1, 0.15) is 0 Å². The van der Waals surface area contributed by atoms with Gasteiger partial charge in [0.25, 0.3) is 0 Å². The Hall–Kier alpha value is -0.810. The predicted octanol–water partition coefficient (Wildman–Crippen LogP) is 1.12. The molecule has 14 heavy (non-hydrogen) atoms. The van der Waals surface area contributed by atoms with Gasteiger partial charge in [-0.2, -0.15) is 0 Å². The smallest absolute Gasteiger partial charge is 0.231 e. The second-order valence-corrected chi connectivity index (χ2v) is 1.83. The number of amides is 1. The van der Waals surface area contributed by atoms with Crippen LogP contribution in [0.25, 0.3) is 0 Å². The predicted molar refractivity (Wildman–Crippen MR) is 64.2 cm³/mol. The quantitative estimate of drug-likeness (QED) is 0.687. The van der Waals surface area contributed by atoms with Crippen molar-refractivity contribution in [3.63, 3.8) is 0 Å². The van der Waals surface area contributed by atoms with Crippen molar-refractivity contribution in [2.45, 2.75) is 0 Å². The third-order valence-corrected chi connectivity index (χ3v) is 0.868. The van der Waals surface area contributed by atoms with Crippen molar-refractivity contribution in [3.8, 4) is 0 Å². The van der Waals surface area contributed by atoms with Crippen molar-refractivity contribution in [1.82, 2.24) is 6.15 Å². The molecule has 0 heterocycles. The molecule has 0 saturated carbocycles. The molecule has 1 aromatic carbocycles. The molecule has 0 saturated heterocycles. The highest BCUT2D eigenvalue weighted by atomic mass is 35.5. The zero-order valence-corrected chi connectivity index (χ0v) is 9.39. The lowest BCUT2D eigenvalue weighted by molar-refractivity contribution is -0.116. The van der Waals surface area contributed by atoms with E-state index in [4.69, 9.17) is 5.73 Å². The van der Waals surface area contributed by atoms with E-state index >= 15 is 0 Å². The highest BCUT2D eigenvalue weighted by Gasteiger charge is 1.77. The van der Waals surface area contributed by atoms with Crippen LogP contribution in [0, 0.1) is 0 Å². The number of carbonyl (C=O) groups is 1. The molecule has 0 radical (unpaired) electrons. The van der Waals surface area contributed by atoms with E-state index in [-0.39, 0.29) is 37.5 Å². The monoisotopic (exact) mass is 241 g/mol. The van der Waals surface area contributed by atoms with Crippen molar-refractivity contribution >= 4 is 30.7 Å². The molecule has 0 aromatic heterocycles. The van der Waals surface area contributed by atoms with Crippen molar-refractivity contribution in [1.29, 1.82) is 0 Å². The number of hydrogen-bond acceptors (Lipinski definition) is 3. The second kappa shape index (κ2) is 18.1. The van der Waals surface area contributed by atoms with Gasteiger partial charge in [0.15, 0.2) is 0 Å². The molecule has 0 aliphatic heterocycles. The Morgan fingerprint density at radius 2 is 1.07 bits per heavy atom. The number of hydrogen-bond donors (Lipinski definition) is 3. The fourth-order valence-electron chi connectivity index (χ4n) is 0.385. The van der Waals surface area contributed by atoms with E-state index in [1.807, 2.05) is 36.4 Å². The molecule has 0 atom stereocenters. The Kier molecular flexibility index (Phi) is 30.0. The minimum Gasteiger partial charge on any atom is -0.369 e. The first-order valence-electron chi connectivity index (χ1n) is 3.25.